The molecule has 0 unspecified atom stereocenters. The lowest BCUT2D eigenvalue weighted by atomic mass is 10.1. The molecular formula is C21H26ClNO4. The number of esters is 1. The number of ether oxygens (including phenoxy) is 1. The second-order valence-electron chi connectivity index (χ2n) is 6.60. The summed E-state index contributed by atoms with van der Waals surface area (Å²) in [7, 11) is 1.35. The van der Waals surface area contributed by atoms with E-state index in [1.807, 2.05) is 23.1 Å². The van der Waals surface area contributed by atoms with Gasteiger partial charge in [0.1, 0.15) is 0 Å². The van der Waals surface area contributed by atoms with Crippen LogP contribution in [-0.4, -0.2) is 48.1 Å². The van der Waals surface area contributed by atoms with Crippen LogP contribution in [0.5, 0.6) is 0 Å². The average molecular weight is 392 g/mol. The first-order valence-electron chi connectivity index (χ1n) is 9.29. The zero-order chi connectivity index (χ0) is 19.6. The molecule has 1 aromatic carbocycles. The minimum absolute atomic E-state index is 0.0242. The van der Waals surface area contributed by atoms with Crippen LogP contribution in [0.2, 0.25) is 0 Å². The number of halogens is 1. The van der Waals surface area contributed by atoms with Crippen LogP contribution in [0.3, 0.4) is 0 Å². The third-order valence-corrected chi connectivity index (χ3v) is 4.97. The number of hydrogen-bond donors (Lipinski definition) is 0. The van der Waals surface area contributed by atoms with Gasteiger partial charge in [-0.3, -0.25) is 9.59 Å². The number of allylic oxidation sites excluding steroid dienone is 1. The Morgan fingerprint density at radius 3 is 2.67 bits per heavy atom. The molecular weight excluding hydrogens is 366 g/mol. The molecule has 0 bridgehead atoms. The summed E-state index contributed by atoms with van der Waals surface area (Å²) in [6, 6.07) is 7.17. The summed E-state index contributed by atoms with van der Waals surface area (Å²) < 4.78 is 4.69. The summed E-state index contributed by atoms with van der Waals surface area (Å²) in [4.78, 5) is 37.4. The zero-order valence-electron chi connectivity index (χ0n) is 15.7. The lowest BCUT2D eigenvalue weighted by Crippen LogP contribution is -2.33. The Hall–Kier alpha value is -2.14. The molecule has 1 amide bonds. The number of carbonyl (C=O) groups excluding carboxylic acids is 3. The minimum atomic E-state index is -0.364. The number of likely N-dealkylation sites (tertiary alicyclic amines) is 1. The highest BCUT2D eigenvalue weighted by Crippen LogP contribution is 2.21. The quantitative estimate of drug-likeness (QED) is 0.265. The number of unbranched alkanes of at least 4 members (excludes halogenated alkanes) is 1. The van der Waals surface area contributed by atoms with Crippen LogP contribution in [0.25, 0.3) is 0 Å². The largest absolute Gasteiger partial charge is 0.465 e. The number of rotatable bonds is 10. The summed E-state index contributed by atoms with van der Waals surface area (Å²) >= 11 is 5.62. The van der Waals surface area contributed by atoms with Crippen molar-refractivity contribution < 1.29 is 19.1 Å². The molecule has 1 aliphatic rings. The van der Waals surface area contributed by atoms with Gasteiger partial charge in [0.05, 0.1) is 18.7 Å². The van der Waals surface area contributed by atoms with Crippen molar-refractivity contribution in [1.82, 2.24) is 4.90 Å². The van der Waals surface area contributed by atoms with E-state index >= 15 is 0 Å². The molecule has 1 saturated heterocycles. The summed E-state index contributed by atoms with van der Waals surface area (Å²) in [5.74, 6) is 0.406. The Balaban J connectivity index is 1.88. The maximum absolute atomic E-state index is 12.2. The van der Waals surface area contributed by atoms with Crippen LogP contribution in [0.15, 0.2) is 36.4 Å². The number of benzene rings is 1. The minimum Gasteiger partial charge on any atom is -0.465 e. The maximum atomic E-state index is 12.2. The predicted octanol–water partition coefficient (Wildman–Crippen LogP) is 3.54. The first kappa shape index (κ1) is 21.2. The van der Waals surface area contributed by atoms with Crippen molar-refractivity contribution in [1.29, 1.82) is 0 Å². The number of ketones is 1. The molecule has 0 aliphatic carbocycles. The molecule has 0 saturated carbocycles. The van der Waals surface area contributed by atoms with E-state index in [1.165, 1.54) is 7.11 Å². The fourth-order valence-corrected chi connectivity index (χ4v) is 3.31. The van der Waals surface area contributed by atoms with Crippen LogP contribution in [0.4, 0.5) is 0 Å². The molecule has 1 atom stereocenters. The second kappa shape index (κ2) is 10.9. The van der Waals surface area contributed by atoms with E-state index in [1.54, 1.807) is 18.2 Å². The van der Waals surface area contributed by atoms with Gasteiger partial charge in [0.25, 0.3) is 0 Å². The Morgan fingerprint density at radius 2 is 2.00 bits per heavy atom. The van der Waals surface area contributed by atoms with Gasteiger partial charge < -0.3 is 9.64 Å². The van der Waals surface area contributed by atoms with E-state index in [9.17, 15) is 14.4 Å². The average Bonchev–Trinajstić information content (AvgIpc) is 3.04. The summed E-state index contributed by atoms with van der Waals surface area (Å²) in [5.41, 5.74) is 1.55. The molecule has 2 rings (SSSR count). The van der Waals surface area contributed by atoms with Gasteiger partial charge in [-0.15, -0.1) is 11.6 Å². The molecule has 0 aromatic heterocycles. The van der Waals surface area contributed by atoms with E-state index in [0.29, 0.717) is 37.3 Å². The second-order valence-corrected chi connectivity index (χ2v) is 6.98. The van der Waals surface area contributed by atoms with Gasteiger partial charge >= 0.3 is 5.97 Å². The summed E-state index contributed by atoms with van der Waals surface area (Å²) in [6.07, 6.45) is 7.54. The Kier molecular flexibility index (Phi) is 8.52. The number of alkyl halides is 1. The highest BCUT2D eigenvalue weighted by molar-refractivity contribution is 6.17. The lowest BCUT2D eigenvalue weighted by Gasteiger charge is -2.22. The number of carbonyl (C=O) groups is 3. The SMILES string of the molecule is COC(=O)c1ccc(CCN2C(=O)CC[C@@H]2C=CC(=O)CCCCCl)cc1. The molecule has 0 radical (unpaired) electrons. The van der Waals surface area contributed by atoms with Crippen molar-refractivity contribution >= 4 is 29.3 Å². The normalized spacial score (nSPS) is 16.9. The first-order valence-corrected chi connectivity index (χ1v) is 9.82. The highest BCUT2D eigenvalue weighted by Gasteiger charge is 2.28. The summed E-state index contributed by atoms with van der Waals surface area (Å²) in [5, 5.41) is 0. The van der Waals surface area contributed by atoms with E-state index in [-0.39, 0.29) is 23.7 Å². The number of hydrogen-bond acceptors (Lipinski definition) is 4. The Bertz CT molecular complexity index is 684. The van der Waals surface area contributed by atoms with Crippen LogP contribution in [0, 0.1) is 0 Å². The Labute approximate surface area is 165 Å². The van der Waals surface area contributed by atoms with E-state index in [0.717, 1.165) is 24.8 Å². The fraction of sp³-hybridized carbons (Fsp3) is 0.476. The molecule has 6 heteroatoms. The van der Waals surface area contributed by atoms with Crippen molar-refractivity contribution in [3.8, 4) is 0 Å². The third kappa shape index (κ3) is 6.51. The molecule has 146 valence electrons. The van der Waals surface area contributed by atoms with Crippen molar-refractivity contribution in [2.24, 2.45) is 0 Å². The van der Waals surface area contributed by atoms with Crippen LogP contribution >= 0.6 is 11.6 Å². The molecule has 27 heavy (non-hydrogen) atoms. The van der Waals surface area contributed by atoms with E-state index in [4.69, 9.17) is 11.6 Å². The molecule has 1 fully saturated rings. The van der Waals surface area contributed by atoms with Gasteiger partial charge in [0.2, 0.25) is 5.91 Å². The van der Waals surface area contributed by atoms with Gasteiger partial charge in [0, 0.05) is 25.3 Å². The highest BCUT2D eigenvalue weighted by atomic mass is 35.5. The van der Waals surface area contributed by atoms with Crippen molar-refractivity contribution in [2.75, 3.05) is 19.5 Å². The van der Waals surface area contributed by atoms with Crippen LogP contribution < -0.4 is 0 Å². The van der Waals surface area contributed by atoms with Crippen LogP contribution in [0.1, 0.15) is 48.0 Å². The Morgan fingerprint density at radius 1 is 1.26 bits per heavy atom. The first-order chi connectivity index (χ1) is 13.0. The maximum Gasteiger partial charge on any atom is 0.337 e. The van der Waals surface area contributed by atoms with Crippen molar-refractivity contribution in [2.45, 2.75) is 44.6 Å². The van der Waals surface area contributed by atoms with Crippen LogP contribution in [-0.2, 0) is 20.7 Å². The molecule has 0 N–H and O–H groups in total. The van der Waals surface area contributed by atoms with Gasteiger partial charge in [-0.2, -0.15) is 0 Å². The molecule has 1 aliphatic heterocycles. The fourth-order valence-electron chi connectivity index (χ4n) is 3.12. The zero-order valence-corrected chi connectivity index (χ0v) is 16.4. The van der Waals surface area contributed by atoms with E-state index < -0.39 is 0 Å². The van der Waals surface area contributed by atoms with Gasteiger partial charge in [-0.1, -0.05) is 18.2 Å². The van der Waals surface area contributed by atoms with Gasteiger partial charge in [-0.25, -0.2) is 4.79 Å². The number of methoxy groups -OCH3 is 1. The van der Waals surface area contributed by atoms with Crippen molar-refractivity contribution in [3.63, 3.8) is 0 Å². The number of amides is 1. The van der Waals surface area contributed by atoms with E-state index in [2.05, 4.69) is 4.74 Å². The number of nitrogens with zero attached hydrogens (tertiary/aromatic N) is 1. The molecule has 1 aromatic rings. The molecule has 5 nitrogen and oxygen atoms in total. The summed E-state index contributed by atoms with van der Waals surface area (Å²) in [6.45, 7) is 0.589. The van der Waals surface area contributed by atoms with Crippen molar-refractivity contribution in [3.05, 3.63) is 47.5 Å². The lowest BCUT2D eigenvalue weighted by molar-refractivity contribution is -0.128. The monoisotopic (exact) mass is 391 g/mol. The topological polar surface area (TPSA) is 63.7 Å². The standard InChI is InChI=1S/C21H26ClNO4/c1-27-21(26)17-7-5-16(6-8-17)13-15-23-18(10-12-20(23)25)9-11-19(24)4-2-3-14-22/h5-9,11,18H,2-4,10,12-15H2,1H3/t18-/m0/s1. The smallest absolute Gasteiger partial charge is 0.337 e. The molecule has 1 heterocycles. The van der Waals surface area contributed by atoms with Gasteiger partial charge in [0.15, 0.2) is 5.78 Å². The third-order valence-electron chi connectivity index (χ3n) is 4.70. The predicted molar refractivity (Wildman–Crippen MR) is 105 cm³/mol. The van der Waals surface area contributed by atoms with Gasteiger partial charge in [-0.05, 0) is 49.5 Å². The molecule has 0 spiro atoms.